The van der Waals surface area contributed by atoms with Gasteiger partial charge in [-0.3, -0.25) is 4.79 Å². The van der Waals surface area contributed by atoms with Gasteiger partial charge in [-0.15, -0.1) is 0 Å². The Morgan fingerprint density at radius 3 is 2.41 bits per heavy atom. The number of phenols is 1. The Morgan fingerprint density at radius 1 is 1.32 bits per heavy atom. The van der Waals surface area contributed by atoms with E-state index in [1.807, 2.05) is 0 Å². The van der Waals surface area contributed by atoms with Gasteiger partial charge in [0.15, 0.2) is 6.10 Å². The number of piperidine rings is 1. The summed E-state index contributed by atoms with van der Waals surface area (Å²) in [4.78, 5) is 13.6. The SMILES string of the molecule is O=C(c1ccc(Cl)cc1O)N1CCC(C(O)C(F)(F)F)CC1. The maximum absolute atomic E-state index is 12.5. The number of rotatable bonds is 2. The lowest BCUT2D eigenvalue weighted by molar-refractivity contribution is -0.222. The Morgan fingerprint density at radius 2 is 1.91 bits per heavy atom. The van der Waals surface area contributed by atoms with Gasteiger partial charge in [-0.2, -0.15) is 13.2 Å². The molecule has 22 heavy (non-hydrogen) atoms. The van der Waals surface area contributed by atoms with Crippen LogP contribution in [0.25, 0.3) is 0 Å². The van der Waals surface area contributed by atoms with Crippen molar-refractivity contribution in [2.75, 3.05) is 13.1 Å². The van der Waals surface area contributed by atoms with E-state index in [1.54, 1.807) is 0 Å². The molecule has 0 saturated carbocycles. The van der Waals surface area contributed by atoms with Gasteiger partial charge in [-0.25, -0.2) is 0 Å². The highest BCUT2D eigenvalue weighted by molar-refractivity contribution is 6.30. The second-order valence-electron chi connectivity index (χ2n) is 5.28. The van der Waals surface area contributed by atoms with Gasteiger partial charge in [-0.1, -0.05) is 11.6 Å². The first-order valence-corrected chi connectivity index (χ1v) is 7.10. The van der Waals surface area contributed by atoms with Crippen LogP contribution in [0.1, 0.15) is 23.2 Å². The highest BCUT2D eigenvalue weighted by atomic mass is 35.5. The number of hydrogen-bond donors (Lipinski definition) is 2. The summed E-state index contributed by atoms with van der Waals surface area (Å²) in [5, 5.41) is 19.2. The van der Waals surface area contributed by atoms with Crippen molar-refractivity contribution in [2.24, 2.45) is 5.92 Å². The molecule has 1 saturated heterocycles. The van der Waals surface area contributed by atoms with Crippen molar-refractivity contribution in [2.45, 2.75) is 25.1 Å². The van der Waals surface area contributed by atoms with Gasteiger partial charge in [0, 0.05) is 18.1 Å². The largest absolute Gasteiger partial charge is 0.507 e. The number of carbonyl (C=O) groups excluding carboxylic acids is 1. The van der Waals surface area contributed by atoms with Gasteiger partial charge in [0.25, 0.3) is 5.91 Å². The highest BCUT2D eigenvalue weighted by Gasteiger charge is 2.44. The third-order valence-corrected chi connectivity index (χ3v) is 4.03. The lowest BCUT2D eigenvalue weighted by Gasteiger charge is -2.34. The summed E-state index contributed by atoms with van der Waals surface area (Å²) < 4.78 is 37.4. The molecule has 1 amide bonds. The summed E-state index contributed by atoms with van der Waals surface area (Å²) in [5.74, 6) is -1.65. The number of hydrogen-bond acceptors (Lipinski definition) is 3. The van der Waals surface area contributed by atoms with E-state index in [-0.39, 0.29) is 42.3 Å². The third-order valence-electron chi connectivity index (χ3n) is 3.80. The summed E-state index contributed by atoms with van der Waals surface area (Å²) >= 11 is 5.68. The van der Waals surface area contributed by atoms with Crippen LogP contribution in [0.5, 0.6) is 5.75 Å². The van der Waals surface area contributed by atoms with Crippen molar-refractivity contribution in [3.8, 4) is 5.75 Å². The molecule has 1 fully saturated rings. The molecule has 2 N–H and O–H groups in total. The normalized spacial score (nSPS) is 18.3. The number of aromatic hydroxyl groups is 1. The Labute approximate surface area is 130 Å². The highest BCUT2D eigenvalue weighted by Crippen LogP contribution is 2.32. The van der Waals surface area contributed by atoms with E-state index in [0.29, 0.717) is 0 Å². The minimum absolute atomic E-state index is 0.0548. The summed E-state index contributed by atoms with van der Waals surface area (Å²) in [7, 11) is 0. The molecule has 1 heterocycles. The molecule has 0 aliphatic carbocycles. The monoisotopic (exact) mass is 337 g/mol. The first-order valence-electron chi connectivity index (χ1n) is 6.72. The molecule has 1 unspecified atom stereocenters. The van der Waals surface area contributed by atoms with Crippen molar-refractivity contribution in [1.82, 2.24) is 4.90 Å². The molecular formula is C14H15ClF3NO3. The topological polar surface area (TPSA) is 60.8 Å². The van der Waals surface area contributed by atoms with Crippen LogP contribution in [0.2, 0.25) is 5.02 Å². The van der Waals surface area contributed by atoms with Gasteiger partial charge in [0.05, 0.1) is 5.56 Å². The van der Waals surface area contributed by atoms with Gasteiger partial charge in [0.2, 0.25) is 0 Å². The fourth-order valence-electron chi connectivity index (χ4n) is 2.54. The minimum Gasteiger partial charge on any atom is -0.507 e. The fraction of sp³-hybridized carbons (Fsp3) is 0.500. The number of aliphatic hydroxyl groups is 1. The van der Waals surface area contributed by atoms with Crippen LogP contribution in [0.3, 0.4) is 0 Å². The predicted octanol–water partition coefficient (Wildman–Crippen LogP) is 2.82. The predicted molar refractivity (Wildman–Crippen MR) is 73.8 cm³/mol. The number of halogens is 4. The van der Waals surface area contributed by atoms with E-state index in [2.05, 4.69) is 0 Å². The van der Waals surface area contributed by atoms with Crippen LogP contribution in [0.15, 0.2) is 18.2 Å². The molecule has 1 aromatic rings. The lowest BCUT2D eigenvalue weighted by atomic mass is 9.90. The van der Waals surface area contributed by atoms with E-state index in [9.17, 15) is 28.2 Å². The molecule has 1 aliphatic rings. The zero-order chi connectivity index (χ0) is 16.5. The second-order valence-corrected chi connectivity index (χ2v) is 5.71. The fourth-order valence-corrected chi connectivity index (χ4v) is 2.71. The van der Waals surface area contributed by atoms with E-state index in [4.69, 9.17) is 11.6 Å². The quantitative estimate of drug-likeness (QED) is 0.872. The maximum Gasteiger partial charge on any atom is 0.414 e. The molecule has 2 rings (SSSR count). The average molecular weight is 338 g/mol. The number of amides is 1. The van der Waals surface area contributed by atoms with Crippen LogP contribution >= 0.6 is 11.6 Å². The first kappa shape index (κ1) is 16.9. The Bertz CT molecular complexity index is 557. The molecule has 0 spiro atoms. The molecule has 8 heteroatoms. The average Bonchev–Trinajstić information content (AvgIpc) is 2.45. The number of aliphatic hydroxyl groups excluding tert-OH is 1. The van der Waals surface area contributed by atoms with Crippen molar-refractivity contribution < 1.29 is 28.2 Å². The van der Waals surface area contributed by atoms with Gasteiger partial charge in [-0.05, 0) is 37.0 Å². The molecule has 0 radical (unpaired) electrons. The van der Waals surface area contributed by atoms with Gasteiger partial charge >= 0.3 is 6.18 Å². The molecule has 0 aromatic heterocycles. The standard InChI is InChI=1S/C14H15ClF3NO3/c15-9-1-2-10(11(20)7-9)13(22)19-5-3-8(4-6-19)12(21)14(16,17)18/h1-2,7-8,12,20-21H,3-6H2. The van der Waals surface area contributed by atoms with Crippen LogP contribution in [-0.2, 0) is 0 Å². The molecule has 1 aromatic carbocycles. The van der Waals surface area contributed by atoms with Crippen molar-refractivity contribution >= 4 is 17.5 Å². The number of carbonyl (C=O) groups is 1. The zero-order valence-corrected chi connectivity index (χ0v) is 12.2. The lowest BCUT2D eigenvalue weighted by Crippen LogP contribution is -2.45. The number of phenolic OH excluding ortho intramolecular Hbond substituents is 1. The van der Waals surface area contributed by atoms with Crippen molar-refractivity contribution in [3.05, 3.63) is 28.8 Å². The van der Waals surface area contributed by atoms with Crippen LogP contribution < -0.4 is 0 Å². The van der Waals surface area contributed by atoms with Crippen LogP contribution in [-0.4, -0.2) is 46.4 Å². The molecular weight excluding hydrogens is 323 g/mol. The Balaban J connectivity index is 2.01. The number of benzene rings is 1. The van der Waals surface area contributed by atoms with Crippen LogP contribution in [0.4, 0.5) is 13.2 Å². The maximum atomic E-state index is 12.5. The molecule has 122 valence electrons. The van der Waals surface area contributed by atoms with E-state index in [0.717, 1.165) is 0 Å². The smallest absolute Gasteiger partial charge is 0.414 e. The molecule has 1 atom stereocenters. The van der Waals surface area contributed by atoms with E-state index in [1.165, 1.54) is 23.1 Å². The Kier molecular flexibility index (Phi) is 4.87. The minimum atomic E-state index is -4.65. The summed E-state index contributed by atoms with van der Waals surface area (Å²) in [6.07, 6.45) is -6.90. The summed E-state index contributed by atoms with van der Waals surface area (Å²) in [6, 6.07) is 4.06. The molecule has 1 aliphatic heterocycles. The van der Waals surface area contributed by atoms with Crippen molar-refractivity contribution in [3.63, 3.8) is 0 Å². The summed E-state index contributed by atoms with van der Waals surface area (Å²) in [6.45, 7) is 0.192. The molecule has 0 bridgehead atoms. The Hall–Kier alpha value is -1.47. The number of nitrogens with zero attached hydrogens (tertiary/aromatic N) is 1. The number of likely N-dealkylation sites (tertiary alicyclic amines) is 1. The van der Waals surface area contributed by atoms with Crippen molar-refractivity contribution in [1.29, 1.82) is 0 Å². The second kappa shape index (κ2) is 6.34. The van der Waals surface area contributed by atoms with E-state index >= 15 is 0 Å². The van der Waals surface area contributed by atoms with Crippen LogP contribution in [0, 0.1) is 5.92 Å². The summed E-state index contributed by atoms with van der Waals surface area (Å²) in [5.41, 5.74) is 0.0548. The van der Waals surface area contributed by atoms with E-state index < -0.39 is 24.1 Å². The third kappa shape index (κ3) is 3.64. The zero-order valence-electron chi connectivity index (χ0n) is 11.5. The first-order chi connectivity index (χ1) is 10.2. The molecule has 4 nitrogen and oxygen atoms in total. The number of alkyl halides is 3. The van der Waals surface area contributed by atoms with Gasteiger partial charge in [0.1, 0.15) is 5.75 Å². The van der Waals surface area contributed by atoms with Gasteiger partial charge < -0.3 is 15.1 Å².